The molecule has 1 aromatic heterocycles. The number of aromatic amines is 1. The van der Waals surface area contributed by atoms with E-state index in [0.29, 0.717) is 42.4 Å². The topological polar surface area (TPSA) is 69.2 Å². The average molecular weight is 393 g/mol. The molecule has 0 bridgehead atoms. The van der Waals surface area contributed by atoms with Gasteiger partial charge in [0, 0.05) is 18.7 Å². The van der Waals surface area contributed by atoms with Gasteiger partial charge in [0.2, 0.25) is 0 Å². The first-order valence-corrected chi connectivity index (χ1v) is 9.98. The number of phenolic OH excluding ortho intramolecular Hbond substituents is 1. The number of aromatic hydroxyl groups is 1. The van der Waals surface area contributed by atoms with Crippen molar-refractivity contribution < 1.29 is 14.3 Å². The molecule has 1 saturated heterocycles. The smallest absolute Gasteiger partial charge is 0.271 e. The van der Waals surface area contributed by atoms with Gasteiger partial charge in [0.1, 0.15) is 17.3 Å². The average Bonchev–Trinajstić information content (AvgIpc) is 3.23. The maximum atomic E-state index is 13.8. The number of benzene rings is 2. The van der Waals surface area contributed by atoms with E-state index in [4.69, 9.17) is 0 Å². The number of piperidine rings is 1. The van der Waals surface area contributed by atoms with Crippen LogP contribution in [0.25, 0.3) is 11.3 Å². The Morgan fingerprint density at radius 1 is 1.21 bits per heavy atom. The molecule has 0 radical (unpaired) electrons. The van der Waals surface area contributed by atoms with Gasteiger partial charge in [-0.15, -0.1) is 0 Å². The highest BCUT2D eigenvalue weighted by molar-refractivity contribution is 5.93. The summed E-state index contributed by atoms with van der Waals surface area (Å²) < 4.78 is 13.8. The molecule has 1 aliphatic heterocycles. The number of carbonyl (C=O) groups excluding carboxylic acids is 1. The summed E-state index contributed by atoms with van der Waals surface area (Å²) in [4.78, 5) is 14.8. The van der Waals surface area contributed by atoms with Crippen LogP contribution in [0.15, 0.2) is 54.6 Å². The van der Waals surface area contributed by atoms with Gasteiger partial charge in [0.05, 0.1) is 5.69 Å². The van der Waals surface area contributed by atoms with E-state index in [1.807, 2.05) is 23.1 Å². The minimum Gasteiger partial charge on any atom is -0.507 e. The molecule has 1 amide bonds. The summed E-state index contributed by atoms with van der Waals surface area (Å²) >= 11 is 0. The summed E-state index contributed by atoms with van der Waals surface area (Å²) in [6.07, 6.45) is 3.52. The molecule has 5 nitrogen and oxygen atoms in total. The number of para-hydroxylation sites is 1. The first-order chi connectivity index (χ1) is 14.1. The van der Waals surface area contributed by atoms with Crippen molar-refractivity contribution in [2.24, 2.45) is 5.92 Å². The maximum Gasteiger partial charge on any atom is 0.271 e. The van der Waals surface area contributed by atoms with Crippen LogP contribution in [0, 0.1) is 11.7 Å². The lowest BCUT2D eigenvalue weighted by Crippen LogP contribution is -2.40. The van der Waals surface area contributed by atoms with Gasteiger partial charge >= 0.3 is 0 Å². The van der Waals surface area contributed by atoms with E-state index in [0.717, 1.165) is 24.8 Å². The number of hydrogen-bond acceptors (Lipinski definition) is 3. The van der Waals surface area contributed by atoms with Crippen LogP contribution in [0.2, 0.25) is 0 Å². The third kappa shape index (κ3) is 4.31. The molecule has 2 N–H and O–H groups in total. The zero-order chi connectivity index (χ0) is 20.2. The van der Waals surface area contributed by atoms with E-state index >= 15 is 0 Å². The normalized spacial score (nSPS) is 16.7. The van der Waals surface area contributed by atoms with Crippen LogP contribution in [0.3, 0.4) is 0 Å². The second-order valence-corrected chi connectivity index (χ2v) is 7.57. The number of likely N-dealkylation sites (tertiary alicyclic amines) is 1. The minimum absolute atomic E-state index is 0.0882. The highest BCUT2D eigenvalue weighted by atomic mass is 19.1. The van der Waals surface area contributed by atoms with Crippen LogP contribution >= 0.6 is 0 Å². The number of carbonyl (C=O) groups is 1. The molecule has 1 atom stereocenters. The zero-order valence-electron chi connectivity index (χ0n) is 16.1. The number of nitrogens with zero attached hydrogens (tertiary/aromatic N) is 2. The van der Waals surface area contributed by atoms with Gasteiger partial charge in [-0.3, -0.25) is 9.89 Å². The SMILES string of the molecule is O=C(c1cc(-c2ccccc2O)n[nH]1)N1CCCC(CCc2ccccc2F)C1. The second-order valence-electron chi connectivity index (χ2n) is 7.57. The fraction of sp³-hybridized carbons (Fsp3) is 0.304. The Morgan fingerprint density at radius 2 is 2.00 bits per heavy atom. The molecule has 6 heteroatoms. The fourth-order valence-electron chi connectivity index (χ4n) is 3.98. The number of amides is 1. The van der Waals surface area contributed by atoms with Crippen molar-refractivity contribution in [3.05, 3.63) is 71.7 Å². The first kappa shape index (κ1) is 19.2. The molecule has 1 unspecified atom stereocenters. The minimum atomic E-state index is -0.162. The summed E-state index contributed by atoms with van der Waals surface area (Å²) in [6.45, 7) is 1.37. The Balaban J connectivity index is 1.40. The van der Waals surface area contributed by atoms with Crippen molar-refractivity contribution in [1.29, 1.82) is 0 Å². The lowest BCUT2D eigenvalue weighted by molar-refractivity contribution is 0.0662. The largest absolute Gasteiger partial charge is 0.507 e. The summed E-state index contributed by atoms with van der Waals surface area (Å²) in [7, 11) is 0. The van der Waals surface area contributed by atoms with Gasteiger partial charge in [-0.05, 0) is 61.4 Å². The molecular formula is C23H24FN3O2. The van der Waals surface area contributed by atoms with Crippen molar-refractivity contribution >= 4 is 5.91 Å². The van der Waals surface area contributed by atoms with E-state index in [2.05, 4.69) is 10.2 Å². The molecule has 2 heterocycles. The number of aryl methyl sites for hydroxylation is 1. The number of nitrogens with one attached hydrogen (secondary N) is 1. The van der Waals surface area contributed by atoms with Gasteiger partial charge in [0.15, 0.2) is 0 Å². The highest BCUT2D eigenvalue weighted by Gasteiger charge is 2.26. The quantitative estimate of drug-likeness (QED) is 0.675. The van der Waals surface area contributed by atoms with Crippen LogP contribution in [0.4, 0.5) is 4.39 Å². The van der Waals surface area contributed by atoms with E-state index in [1.165, 1.54) is 6.07 Å². The Morgan fingerprint density at radius 3 is 2.83 bits per heavy atom. The van der Waals surface area contributed by atoms with Crippen LogP contribution in [0.1, 0.15) is 35.3 Å². The number of H-pyrrole nitrogens is 1. The van der Waals surface area contributed by atoms with Crippen LogP contribution in [0.5, 0.6) is 5.75 Å². The van der Waals surface area contributed by atoms with E-state index in [9.17, 15) is 14.3 Å². The summed E-state index contributed by atoms with van der Waals surface area (Å²) in [5.41, 5.74) is 2.28. The summed E-state index contributed by atoms with van der Waals surface area (Å²) in [6, 6.07) is 15.5. The lowest BCUT2D eigenvalue weighted by atomic mass is 9.91. The third-order valence-corrected chi connectivity index (χ3v) is 5.57. The first-order valence-electron chi connectivity index (χ1n) is 9.98. The lowest BCUT2D eigenvalue weighted by Gasteiger charge is -2.32. The van der Waals surface area contributed by atoms with Crippen LogP contribution < -0.4 is 0 Å². The van der Waals surface area contributed by atoms with Crippen LogP contribution in [-0.2, 0) is 6.42 Å². The maximum absolute atomic E-state index is 13.8. The predicted octanol–water partition coefficient (Wildman–Crippen LogP) is 4.41. The standard InChI is InChI=1S/C23H24FN3O2/c24-19-9-3-1-7-17(19)12-11-16-6-5-13-27(15-16)23(29)21-14-20(25-26-21)18-8-2-4-10-22(18)28/h1-4,7-10,14,16,28H,5-6,11-13,15H2,(H,25,26). The predicted molar refractivity (Wildman–Crippen MR) is 109 cm³/mol. The number of halogens is 1. The zero-order valence-corrected chi connectivity index (χ0v) is 16.1. The number of phenols is 1. The van der Waals surface area contributed by atoms with Gasteiger partial charge in [-0.1, -0.05) is 30.3 Å². The van der Waals surface area contributed by atoms with E-state index in [-0.39, 0.29) is 17.5 Å². The van der Waals surface area contributed by atoms with Crippen LogP contribution in [-0.4, -0.2) is 39.2 Å². The Bertz CT molecular complexity index is 1000. The number of rotatable bonds is 5. The second kappa shape index (κ2) is 8.47. The van der Waals surface area contributed by atoms with Gasteiger partial charge in [-0.2, -0.15) is 5.10 Å². The molecule has 2 aromatic carbocycles. The van der Waals surface area contributed by atoms with Gasteiger partial charge < -0.3 is 10.0 Å². The van der Waals surface area contributed by atoms with E-state index < -0.39 is 0 Å². The van der Waals surface area contributed by atoms with Crippen molar-refractivity contribution in [2.45, 2.75) is 25.7 Å². The molecule has 3 aromatic rings. The van der Waals surface area contributed by atoms with Crippen molar-refractivity contribution in [1.82, 2.24) is 15.1 Å². The van der Waals surface area contributed by atoms with Crippen molar-refractivity contribution in [3.8, 4) is 17.0 Å². The fourth-order valence-corrected chi connectivity index (χ4v) is 3.98. The highest BCUT2D eigenvalue weighted by Crippen LogP contribution is 2.28. The van der Waals surface area contributed by atoms with Gasteiger partial charge in [0.25, 0.3) is 5.91 Å². The molecule has 4 rings (SSSR count). The number of aromatic nitrogens is 2. The molecule has 1 fully saturated rings. The molecule has 150 valence electrons. The summed E-state index contributed by atoms with van der Waals surface area (Å²) in [5.74, 6) is 0.234. The monoisotopic (exact) mass is 393 g/mol. The Hall–Kier alpha value is -3.15. The molecule has 0 aliphatic carbocycles. The van der Waals surface area contributed by atoms with E-state index in [1.54, 1.807) is 30.3 Å². The third-order valence-electron chi connectivity index (χ3n) is 5.57. The van der Waals surface area contributed by atoms with Gasteiger partial charge in [-0.25, -0.2) is 4.39 Å². The van der Waals surface area contributed by atoms with Crippen molar-refractivity contribution in [2.75, 3.05) is 13.1 Å². The molecule has 0 saturated carbocycles. The summed E-state index contributed by atoms with van der Waals surface area (Å²) in [5, 5.41) is 17.0. The van der Waals surface area contributed by atoms with Crippen molar-refractivity contribution in [3.63, 3.8) is 0 Å². The molecule has 29 heavy (non-hydrogen) atoms. The molecule has 1 aliphatic rings. The number of hydrogen-bond donors (Lipinski definition) is 2. The molecular weight excluding hydrogens is 369 g/mol. The Kier molecular flexibility index (Phi) is 5.60. The Labute approximate surface area is 169 Å². The molecule has 0 spiro atoms.